The molecule has 2 aromatic carbocycles. The van der Waals surface area contributed by atoms with E-state index in [0.717, 1.165) is 0 Å². The molecule has 0 spiro atoms. The third-order valence-electron chi connectivity index (χ3n) is 3.99. The number of alkyl halides is 2. The predicted molar refractivity (Wildman–Crippen MR) is 83.3 cm³/mol. The molecule has 0 aromatic heterocycles. The van der Waals surface area contributed by atoms with Crippen LogP contribution in [-0.2, 0) is 4.79 Å². The maximum Gasteiger partial charge on any atom is 0.387 e. The molecule has 0 aliphatic carbocycles. The number of fused-ring (bicyclic) bond motifs is 1. The Hall–Kier alpha value is -2.96. The van der Waals surface area contributed by atoms with Crippen molar-refractivity contribution >= 4 is 11.8 Å². The van der Waals surface area contributed by atoms with E-state index in [0.29, 0.717) is 5.56 Å². The molecule has 0 saturated heterocycles. The van der Waals surface area contributed by atoms with Crippen molar-refractivity contribution in [1.29, 1.82) is 0 Å². The van der Waals surface area contributed by atoms with E-state index in [2.05, 4.69) is 4.74 Å². The van der Waals surface area contributed by atoms with Gasteiger partial charge in [0.05, 0.1) is 12.0 Å². The van der Waals surface area contributed by atoms with Crippen molar-refractivity contribution in [2.75, 3.05) is 0 Å². The lowest BCUT2D eigenvalue weighted by atomic mass is 9.84. The molecule has 2 aromatic rings. The highest BCUT2D eigenvalue weighted by Gasteiger charge is 2.33. The fourth-order valence-corrected chi connectivity index (χ4v) is 2.92. The summed E-state index contributed by atoms with van der Waals surface area (Å²) in [5, 5.41) is 10.5. The van der Waals surface area contributed by atoms with Gasteiger partial charge in [-0.15, -0.1) is 0 Å². The van der Waals surface area contributed by atoms with Crippen LogP contribution >= 0.6 is 0 Å². The SMILES string of the molecule is CC(=O)c1ccc2c(c1O)[C@@H](c1cccc(OC(F)F)c1)CC(=O)O2. The van der Waals surface area contributed by atoms with E-state index < -0.39 is 18.5 Å². The summed E-state index contributed by atoms with van der Waals surface area (Å²) in [6, 6.07) is 8.70. The van der Waals surface area contributed by atoms with Crippen molar-refractivity contribution < 1.29 is 33.0 Å². The maximum absolute atomic E-state index is 12.4. The van der Waals surface area contributed by atoms with Gasteiger partial charge in [-0.2, -0.15) is 8.78 Å². The second-order valence-electron chi connectivity index (χ2n) is 5.61. The molecule has 0 bridgehead atoms. The lowest BCUT2D eigenvalue weighted by Crippen LogP contribution is -2.21. The first-order valence-electron chi connectivity index (χ1n) is 7.49. The number of hydrogen-bond acceptors (Lipinski definition) is 5. The lowest BCUT2D eigenvalue weighted by Gasteiger charge is -2.26. The van der Waals surface area contributed by atoms with Gasteiger partial charge in [0.15, 0.2) is 5.78 Å². The van der Waals surface area contributed by atoms with Gasteiger partial charge in [-0.25, -0.2) is 0 Å². The molecular formula is C18H14F2O5. The van der Waals surface area contributed by atoms with Crippen LogP contribution in [0.15, 0.2) is 36.4 Å². The minimum absolute atomic E-state index is 0.0600. The average molecular weight is 348 g/mol. The molecule has 1 heterocycles. The number of hydrogen-bond donors (Lipinski definition) is 1. The van der Waals surface area contributed by atoms with Gasteiger partial charge in [0.2, 0.25) is 0 Å². The zero-order valence-corrected chi connectivity index (χ0v) is 13.2. The molecule has 0 radical (unpaired) electrons. The number of phenols is 1. The first kappa shape index (κ1) is 16.9. The molecular weight excluding hydrogens is 334 g/mol. The molecule has 1 atom stereocenters. The summed E-state index contributed by atoms with van der Waals surface area (Å²) in [7, 11) is 0. The smallest absolute Gasteiger partial charge is 0.387 e. The fourth-order valence-electron chi connectivity index (χ4n) is 2.92. The summed E-state index contributed by atoms with van der Waals surface area (Å²) < 4.78 is 34.4. The molecule has 0 amide bonds. The molecule has 3 rings (SSSR count). The maximum atomic E-state index is 12.4. The predicted octanol–water partition coefficient (Wildman–Crippen LogP) is 3.64. The Bertz CT molecular complexity index is 847. The van der Waals surface area contributed by atoms with E-state index in [9.17, 15) is 23.5 Å². The number of Topliss-reactive ketones (excluding diaryl/α,β-unsaturated/α-hetero) is 1. The molecule has 1 N–H and O–H groups in total. The van der Waals surface area contributed by atoms with Crippen molar-refractivity contribution in [3.63, 3.8) is 0 Å². The topological polar surface area (TPSA) is 72.8 Å². The largest absolute Gasteiger partial charge is 0.507 e. The summed E-state index contributed by atoms with van der Waals surface area (Å²) in [6.07, 6.45) is -0.0972. The second kappa shape index (κ2) is 6.51. The van der Waals surface area contributed by atoms with Gasteiger partial charge in [0.1, 0.15) is 17.2 Å². The zero-order valence-electron chi connectivity index (χ0n) is 13.2. The van der Waals surface area contributed by atoms with Crippen LogP contribution in [0.5, 0.6) is 17.2 Å². The van der Waals surface area contributed by atoms with Crippen LogP contribution in [-0.4, -0.2) is 23.5 Å². The number of halogens is 2. The quantitative estimate of drug-likeness (QED) is 0.519. The van der Waals surface area contributed by atoms with Crippen molar-refractivity contribution in [2.45, 2.75) is 25.9 Å². The number of ether oxygens (including phenoxy) is 2. The molecule has 1 aliphatic rings. The lowest BCUT2D eigenvalue weighted by molar-refractivity contribution is -0.135. The Kier molecular flexibility index (Phi) is 4.39. The highest BCUT2D eigenvalue weighted by atomic mass is 19.3. The van der Waals surface area contributed by atoms with E-state index in [1.54, 1.807) is 6.07 Å². The van der Waals surface area contributed by atoms with Gasteiger partial charge in [0, 0.05) is 11.5 Å². The van der Waals surface area contributed by atoms with Gasteiger partial charge in [-0.1, -0.05) is 12.1 Å². The van der Waals surface area contributed by atoms with Gasteiger partial charge in [-0.3, -0.25) is 9.59 Å². The molecule has 0 fully saturated rings. The van der Waals surface area contributed by atoms with Crippen LogP contribution in [0.25, 0.3) is 0 Å². The zero-order chi connectivity index (χ0) is 18.1. The summed E-state index contributed by atoms with van der Waals surface area (Å²) in [5.74, 6) is -1.70. The van der Waals surface area contributed by atoms with Crippen LogP contribution < -0.4 is 9.47 Å². The Labute approximate surface area is 141 Å². The molecule has 5 nitrogen and oxygen atoms in total. The Morgan fingerprint density at radius 2 is 2.08 bits per heavy atom. The van der Waals surface area contributed by atoms with Crippen LogP contribution in [0.3, 0.4) is 0 Å². The molecule has 25 heavy (non-hydrogen) atoms. The van der Waals surface area contributed by atoms with E-state index >= 15 is 0 Å². The van der Waals surface area contributed by atoms with E-state index in [1.165, 1.54) is 37.3 Å². The average Bonchev–Trinajstić information content (AvgIpc) is 2.53. The summed E-state index contributed by atoms with van der Waals surface area (Å²) in [5.41, 5.74) is 0.871. The van der Waals surface area contributed by atoms with Gasteiger partial charge in [-0.05, 0) is 36.8 Å². The third-order valence-corrected chi connectivity index (χ3v) is 3.99. The Morgan fingerprint density at radius 3 is 2.76 bits per heavy atom. The molecule has 1 aliphatic heterocycles. The van der Waals surface area contributed by atoms with Crippen molar-refractivity contribution in [1.82, 2.24) is 0 Å². The van der Waals surface area contributed by atoms with Crippen molar-refractivity contribution in [3.8, 4) is 17.2 Å². The number of aromatic hydroxyl groups is 1. The molecule has 7 heteroatoms. The molecule has 0 unspecified atom stereocenters. The summed E-state index contributed by atoms with van der Waals surface area (Å²) in [6.45, 7) is -1.67. The number of benzene rings is 2. The summed E-state index contributed by atoms with van der Waals surface area (Å²) >= 11 is 0. The Morgan fingerprint density at radius 1 is 1.32 bits per heavy atom. The first-order valence-corrected chi connectivity index (χ1v) is 7.49. The van der Waals surface area contributed by atoms with Crippen LogP contribution in [0.1, 0.15) is 40.7 Å². The number of ketones is 1. The van der Waals surface area contributed by atoms with Crippen molar-refractivity contribution in [3.05, 3.63) is 53.1 Å². The normalized spacial score (nSPS) is 16.3. The fraction of sp³-hybridized carbons (Fsp3) is 0.222. The molecule has 130 valence electrons. The van der Waals surface area contributed by atoms with Gasteiger partial charge in [0.25, 0.3) is 0 Å². The standard InChI is InChI=1S/C18H14F2O5/c1-9(21)12-5-6-14-16(17(12)23)13(8-15(22)25-14)10-3-2-4-11(7-10)24-18(19)20/h2-7,13,18,23H,8H2,1H3/t13-/m1/s1. The number of esters is 1. The minimum Gasteiger partial charge on any atom is -0.507 e. The van der Waals surface area contributed by atoms with Crippen molar-refractivity contribution in [2.24, 2.45) is 0 Å². The third kappa shape index (κ3) is 3.31. The van der Waals surface area contributed by atoms with E-state index in [1.807, 2.05) is 0 Å². The number of carbonyl (C=O) groups excluding carboxylic acids is 2. The van der Waals surface area contributed by atoms with Gasteiger partial charge < -0.3 is 14.6 Å². The highest BCUT2D eigenvalue weighted by Crippen LogP contribution is 2.45. The van der Waals surface area contributed by atoms with E-state index in [-0.39, 0.29) is 40.6 Å². The number of rotatable bonds is 4. The number of phenolic OH excluding ortho intramolecular Hbond substituents is 1. The van der Waals surface area contributed by atoms with Crippen LogP contribution in [0.2, 0.25) is 0 Å². The van der Waals surface area contributed by atoms with Gasteiger partial charge >= 0.3 is 12.6 Å². The summed E-state index contributed by atoms with van der Waals surface area (Å²) in [4.78, 5) is 23.5. The molecule has 0 saturated carbocycles. The highest BCUT2D eigenvalue weighted by molar-refractivity contribution is 5.98. The van der Waals surface area contributed by atoms with E-state index in [4.69, 9.17) is 4.74 Å². The minimum atomic E-state index is -2.98. The number of carbonyl (C=O) groups is 2. The monoisotopic (exact) mass is 348 g/mol. The first-order chi connectivity index (χ1) is 11.9. The second-order valence-corrected chi connectivity index (χ2v) is 5.61. The van der Waals surface area contributed by atoms with Crippen LogP contribution in [0.4, 0.5) is 8.78 Å². The van der Waals surface area contributed by atoms with Crippen LogP contribution in [0, 0.1) is 0 Å². The Balaban J connectivity index is 2.11.